The van der Waals surface area contributed by atoms with Gasteiger partial charge in [-0.25, -0.2) is 4.79 Å². The number of rotatable bonds is 4. The van der Waals surface area contributed by atoms with Gasteiger partial charge in [-0.3, -0.25) is 4.90 Å². The van der Waals surface area contributed by atoms with Crippen LogP contribution in [0.1, 0.15) is 40.0 Å². The molecule has 1 amide bonds. The Morgan fingerprint density at radius 3 is 2.57 bits per heavy atom. The van der Waals surface area contributed by atoms with E-state index >= 15 is 0 Å². The van der Waals surface area contributed by atoms with Crippen molar-refractivity contribution in [1.82, 2.24) is 15.1 Å². The van der Waals surface area contributed by atoms with Crippen LogP contribution in [0.3, 0.4) is 0 Å². The van der Waals surface area contributed by atoms with Crippen molar-refractivity contribution < 1.29 is 9.53 Å². The summed E-state index contributed by atoms with van der Waals surface area (Å²) >= 11 is 0. The van der Waals surface area contributed by atoms with Crippen molar-refractivity contribution >= 4 is 6.09 Å². The number of piperidine rings is 1. The second-order valence-electron chi connectivity index (χ2n) is 7.74. The fraction of sp³-hybridized carbons (Fsp3) is 0.833. The smallest absolute Gasteiger partial charge is 0.410 e. The Morgan fingerprint density at radius 2 is 1.96 bits per heavy atom. The molecule has 0 aromatic carbocycles. The van der Waals surface area contributed by atoms with Gasteiger partial charge in [-0.2, -0.15) is 0 Å². The van der Waals surface area contributed by atoms with Crippen molar-refractivity contribution in [2.24, 2.45) is 5.92 Å². The van der Waals surface area contributed by atoms with Crippen LogP contribution in [-0.4, -0.2) is 66.8 Å². The van der Waals surface area contributed by atoms with Gasteiger partial charge >= 0.3 is 6.09 Å². The van der Waals surface area contributed by atoms with Crippen molar-refractivity contribution in [3.8, 4) is 12.3 Å². The van der Waals surface area contributed by atoms with E-state index in [9.17, 15) is 4.79 Å². The molecule has 1 N–H and O–H groups in total. The lowest BCUT2D eigenvalue weighted by Gasteiger charge is -2.31. The number of terminal acetylenes is 1. The van der Waals surface area contributed by atoms with Crippen LogP contribution in [0.5, 0.6) is 0 Å². The summed E-state index contributed by atoms with van der Waals surface area (Å²) in [6, 6.07) is 0.583. The minimum absolute atomic E-state index is 0.178. The summed E-state index contributed by atoms with van der Waals surface area (Å²) in [7, 11) is 0. The fourth-order valence-corrected chi connectivity index (χ4v) is 3.25. The molecule has 0 aliphatic carbocycles. The molecular weight excluding hydrogens is 290 g/mol. The van der Waals surface area contributed by atoms with Gasteiger partial charge in [0, 0.05) is 32.2 Å². The molecule has 5 nitrogen and oxygen atoms in total. The van der Waals surface area contributed by atoms with Gasteiger partial charge in [-0.1, -0.05) is 5.92 Å². The molecule has 0 saturated carbocycles. The summed E-state index contributed by atoms with van der Waals surface area (Å²) < 4.78 is 5.44. The maximum Gasteiger partial charge on any atom is 0.410 e. The minimum Gasteiger partial charge on any atom is -0.444 e. The molecular formula is C18H31N3O2. The first-order valence-electron chi connectivity index (χ1n) is 8.74. The van der Waals surface area contributed by atoms with E-state index in [0.717, 1.165) is 58.5 Å². The number of likely N-dealkylation sites (tertiary alicyclic amines) is 2. The summed E-state index contributed by atoms with van der Waals surface area (Å²) in [6.07, 6.45) is 8.55. The van der Waals surface area contributed by atoms with Crippen molar-refractivity contribution in [3.05, 3.63) is 0 Å². The first-order chi connectivity index (χ1) is 10.9. The summed E-state index contributed by atoms with van der Waals surface area (Å²) in [4.78, 5) is 16.2. The molecule has 0 aromatic heterocycles. The Morgan fingerprint density at radius 1 is 1.26 bits per heavy atom. The number of ether oxygens (including phenoxy) is 1. The van der Waals surface area contributed by atoms with E-state index in [1.165, 1.54) is 0 Å². The summed E-state index contributed by atoms with van der Waals surface area (Å²) in [5.74, 6) is 3.25. The average molecular weight is 321 g/mol. The Bertz CT molecular complexity index is 431. The molecule has 1 unspecified atom stereocenters. The zero-order valence-corrected chi connectivity index (χ0v) is 14.8. The van der Waals surface area contributed by atoms with Crippen LogP contribution in [0.15, 0.2) is 0 Å². The highest BCUT2D eigenvalue weighted by Gasteiger charge is 2.30. The number of hydrogen-bond acceptors (Lipinski definition) is 4. The normalized spacial score (nSPS) is 23.7. The van der Waals surface area contributed by atoms with Gasteiger partial charge in [0.1, 0.15) is 5.60 Å². The lowest BCUT2D eigenvalue weighted by Crippen LogP contribution is -2.44. The predicted molar refractivity (Wildman–Crippen MR) is 92.2 cm³/mol. The summed E-state index contributed by atoms with van der Waals surface area (Å²) in [6.45, 7) is 11.2. The van der Waals surface area contributed by atoms with Crippen LogP contribution >= 0.6 is 0 Å². The van der Waals surface area contributed by atoms with Crippen molar-refractivity contribution in [3.63, 3.8) is 0 Å². The van der Waals surface area contributed by atoms with Crippen molar-refractivity contribution in [1.29, 1.82) is 0 Å². The fourth-order valence-electron chi connectivity index (χ4n) is 3.25. The van der Waals surface area contributed by atoms with Crippen LogP contribution in [0.2, 0.25) is 0 Å². The largest absolute Gasteiger partial charge is 0.444 e. The van der Waals surface area contributed by atoms with E-state index in [-0.39, 0.29) is 6.09 Å². The van der Waals surface area contributed by atoms with Gasteiger partial charge in [0.05, 0.1) is 6.54 Å². The van der Waals surface area contributed by atoms with E-state index in [1.54, 1.807) is 0 Å². The van der Waals surface area contributed by atoms with E-state index in [1.807, 2.05) is 25.7 Å². The first kappa shape index (κ1) is 18.1. The molecule has 2 saturated heterocycles. The molecule has 0 radical (unpaired) electrons. The summed E-state index contributed by atoms with van der Waals surface area (Å²) in [5.41, 5.74) is -0.417. The van der Waals surface area contributed by atoms with E-state index in [4.69, 9.17) is 11.2 Å². The summed E-state index contributed by atoms with van der Waals surface area (Å²) in [5, 5.41) is 3.68. The maximum absolute atomic E-state index is 12.1. The molecule has 130 valence electrons. The minimum atomic E-state index is -0.417. The molecule has 2 aliphatic heterocycles. The van der Waals surface area contributed by atoms with Crippen LogP contribution in [0, 0.1) is 18.3 Å². The number of carbonyl (C=O) groups is 1. The highest BCUT2D eigenvalue weighted by molar-refractivity contribution is 5.68. The van der Waals surface area contributed by atoms with E-state index in [2.05, 4.69) is 16.1 Å². The maximum atomic E-state index is 12.1. The van der Waals surface area contributed by atoms with Gasteiger partial charge in [0.15, 0.2) is 0 Å². The number of amides is 1. The van der Waals surface area contributed by atoms with E-state index in [0.29, 0.717) is 12.0 Å². The lowest BCUT2D eigenvalue weighted by molar-refractivity contribution is 0.0288. The second-order valence-corrected chi connectivity index (χ2v) is 7.74. The van der Waals surface area contributed by atoms with Crippen LogP contribution in [0.25, 0.3) is 0 Å². The van der Waals surface area contributed by atoms with Gasteiger partial charge in [-0.15, -0.1) is 6.42 Å². The monoisotopic (exact) mass is 321 g/mol. The lowest BCUT2D eigenvalue weighted by atomic mass is 10.0. The molecule has 23 heavy (non-hydrogen) atoms. The Labute approximate surface area is 140 Å². The predicted octanol–water partition coefficient (Wildman–Crippen LogP) is 1.93. The molecule has 2 heterocycles. The number of nitrogens with one attached hydrogen (secondary N) is 1. The van der Waals surface area contributed by atoms with Crippen LogP contribution in [0.4, 0.5) is 4.79 Å². The number of nitrogens with zero attached hydrogens (tertiary/aromatic N) is 2. The number of carbonyl (C=O) groups excluding carboxylic acids is 1. The molecule has 0 aromatic rings. The zero-order valence-electron chi connectivity index (χ0n) is 14.8. The Hall–Kier alpha value is -1.25. The van der Waals surface area contributed by atoms with Gasteiger partial charge in [0.25, 0.3) is 0 Å². The molecule has 2 rings (SSSR count). The van der Waals surface area contributed by atoms with Gasteiger partial charge in [0.2, 0.25) is 0 Å². The van der Waals surface area contributed by atoms with Crippen LogP contribution in [-0.2, 0) is 4.74 Å². The van der Waals surface area contributed by atoms with Crippen molar-refractivity contribution in [2.75, 3.05) is 39.3 Å². The van der Waals surface area contributed by atoms with E-state index < -0.39 is 5.60 Å². The SMILES string of the molecule is C#CCN1CCC(NCC2CCN(C(=O)OC(C)(C)C)C2)CC1. The zero-order chi connectivity index (χ0) is 16.9. The molecule has 5 heteroatoms. The third-order valence-corrected chi connectivity index (χ3v) is 4.54. The molecule has 0 bridgehead atoms. The molecule has 2 aliphatic rings. The second kappa shape index (κ2) is 8.03. The standard InChI is InChI=1S/C18H31N3O2/c1-5-9-20-10-7-16(8-11-20)19-13-15-6-12-21(14-15)17(22)23-18(2,3)4/h1,15-16,19H,6-14H2,2-4H3. The average Bonchev–Trinajstić information content (AvgIpc) is 2.94. The highest BCUT2D eigenvalue weighted by Crippen LogP contribution is 2.19. The van der Waals surface area contributed by atoms with Gasteiger partial charge in [-0.05, 0) is 52.5 Å². The molecule has 0 spiro atoms. The van der Waals surface area contributed by atoms with Gasteiger partial charge < -0.3 is 15.0 Å². The topological polar surface area (TPSA) is 44.8 Å². The van der Waals surface area contributed by atoms with Crippen LogP contribution < -0.4 is 5.32 Å². The highest BCUT2D eigenvalue weighted by atomic mass is 16.6. The number of hydrogen-bond donors (Lipinski definition) is 1. The third kappa shape index (κ3) is 6.04. The van der Waals surface area contributed by atoms with Crippen molar-refractivity contribution in [2.45, 2.75) is 51.7 Å². The Kier molecular flexibility index (Phi) is 6.32. The first-order valence-corrected chi connectivity index (χ1v) is 8.74. The third-order valence-electron chi connectivity index (χ3n) is 4.54. The quantitative estimate of drug-likeness (QED) is 0.804. The Balaban J connectivity index is 1.65. The molecule has 2 fully saturated rings. The molecule has 1 atom stereocenters.